The van der Waals surface area contributed by atoms with Gasteiger partial charge < -0.3 is 85.1 Å². The highest BCUT2D eigenvalue weighted by atomic mass is 16.4. The van der Waals surface area contributed by atoms with E-state index >= 15 is 0 Å². The number of aliphatic hydroxyl groups is 1. The number of likely N-dealkylation sites (tertiary alicyclic amines) is 1. The molecule has 1 aromatic rings. The normalized spacial score (nSPS) is 16.8. The standard InChI is InChI=1S/C56H93N15O14/c1-10-13-22-36(63-47(76)37(23-17-25-61-56(58)59)64-49(78)38(27-34-20-15-14-16-21-34)66-50(79)40-24-18-26-71(40)54(83)32(7)60-9)46(75)62-29-42(74)68-44(31(6)12-3)52(81)65-35(19-11-2)48(77)69-43(30(4)5)51(80)70-45(33(8)72)53(82)67-39(55(84)85)28-41(57)73/h14-16,20-21,30-33,35-40,43-45,60,72H,10-13,17-19,22-29H2,1-9H3,(H2,57,73)(H,62,75)(H,63,76)(H,64,78)(H,65,81)(H,66,79)(H,67,82)(H,68,74)(H,69,77)(H,70,80)(H,84,85)(H4,58,59,61). The van der Waals surface area contributed by atoms with Crippen molar-refractivity contribution in [2.24, 2.45) is 23.3 Å². The van der Waals surface area contributed by atoms with E-state index in [9.17, 15) is 67.7 Å². The van der Waals surface area contributed by atoms with Crippen LogP contribution in [0.1, 0.15) is 132 Å². The number of aliphatic carboxylic acids is 1. The first-order valence-electron chi connectivity index (χ1n) is 29.1. The number of likely N-dealkylation sites (N-methyl/N-ethyl adjacent to an activating group) is 1. The van der Waals surface area contributed by atoms with Crippen molar-refractivity contribution in [2.75, 3.05) is 26.7 Å². The molecule has 12 atom stereocenters. The molecule has 12 unspecified atom stereocenters. The summed E-state index contributed by atoms with van der Waals surface area (Å²) in [6, 6.07) is -3.68. The lowest BCUT2D eigenvalue weighted by Gasteiger charge is -2.30. The molecule has 11 amide bonds. The fourth-order valence-corrected chi connectivity index (χ4v) is 9.16. The Bertz CT molecular complexity index is 2450. The summed E-state index contributed by atoms with van der Waals surface area (Å²) in [5.74, 6) is -11.7. The predicted octanol–water partition coefficient (Wildman–Crippen LogP) is -2.88. The monoisotopic (exact) mass is 1200 g/mol. The number of nitrogens with one attached hydrogen (secondary N) is 12. The summed E-state index contributed by atoms with van der Waals surface area (Å²) in [5, 5.41) is 56.1. The minimum Gasteiger partial charge on any atom is -0.480 e. The highest BCUT2D eigenvalue weighted by molar-refractivity contribution is 5.99. The van der Waals surface area contributed by atoms with Gasteiger partial charge in [0.15, 0.2) is 5.96 Å². The minimum absolute atomic E-state index is 0.0150. The van der Waals surface area contributed by atoms with Crippen molar-refractivity contribution >= 4 is 76.9 Å². The number of rotatable bonds is 38. The molecule has 0 spiro atoms. The predicted molar refractivity (Wildman–Crippen MR) is 313 cm³/mol. The molecule has 1 aromatic carbocycles. The number of unbranched alkanes of at least 4 members (excludes halogenated alkanes) is 1. The molecule has 476 valence electrons. The van der Waals surface area contributed by atoms with E-state index in [-0.39, 0.29) is 50.5 Å². The summed E-state index contributed by atoms with van der Waals surface area (Å²) in [6.07, 6.45) is 0.731. The Balaban J connectivity index is 2.31. The zero-order valence-corrected chi connectivity index (χ0v) is 50.4. The average Bonchev–Trinajstić information content (AvgIpc) is 4.22. The molecule has 1 saturated heterocycles. The topological polar surface area (TPSA) is 457 Å². The van der Waals surface area contributed by atoms with Crippen LogP contribution in [0, 0.1) is 17.2 Å². The van der Waals surface area contributed by atoms with Crippen LogP contribution in [0.4, 0.5) is 0 Å². The third kappa shape index (κ3) is 25.0. The number of hydrogen-bond acceptors (Lipinski definition) is 15. The number of carboxylic acids is 1. The maximum atomic E-state index is 14.4. The van der Waals surface area contributed by atoms with Gasteiger partial charge in [-0.25, -0.2) is 4.79 Å². The second-order valence-corrected chi connectivity index (χ2v) is 21.7. The Morgan fingerprint density at radius 2 is 1.18 bits per heavy atom. The molecule has 0 aliphatic carbocycles. The van der Waals surface area contributed by atoms with Gasteiger partial charge in [0.1, 0.15) is 54.4 Å². The maximum Gasteiger partial charge on any atom is 0.326 e. The van der Waals surface area contributed by atoms with Crippen LogP contribution in [0.25, 0.3) is 0 Å². The van der Waals surface area contributed by atoms with Crippen LogP contribution in [0.3, 0.4) is 0 Å². The second-order valence-electron chi connectivity index (χ2n) is 21.7. The lowest BCUT2D eigenvalue weighted by molar-refractivity contribution is -0.144. The Labute approximate surface area is 496 Å². The summed E-state index contributed by atoms with van der Waals surface area (Å²) in [7, 11) is 1.63. The molecular formula is C56H93N15O14. The number of carbonyl (C=O) groups is 12. The number of nitrogens with two attached hydrogens (primary N) is 2. The zero-order valence-electron chi connectivity index (χ0n) is 50.4. The molecule has 1 aliphatic rings. The van der Waals surface area contributed by atoms with Gasteiger partial charge in [0.05, 0.1) is 25.1 Å². The number of hydrogen-bond donors (Lipinski definition) is 16. The van der Waals surface area contributed by atoms with Crippen LogP contribution in [0.5, 0.6) is 0 Å². The van der Waals surface area contributed by atoms with Crippen LogP contribution in [0.2, 0.25) is 0 Å². The Morgan fingerprint density at radius 3 is 1.73 bits per heavy atom. The average molecular weight is 1200 g/mol. The van der Waals surface area contributed by atoms with E-state index in [1.54, 1.807) is 78.9 Å². The van der Waals surface area contributed by atoms with Crippen LogP contribution in [-0.4, -0.2) is 185 Å². The quantitative estimate of drug-likeness (QED) is 0.0180. The van der Waals surface area contributed by atoms with E-state index in [1.165, 1.54) is 4.90 Å². The lowest BCUT2D eigenvalue weighted by atomic mass is 9.97. The summed E-state index contributed by atoms with van der Waals surface area (Å²) in [4.78, 5) is 162. The molecule has 0 aromatic heterocycles. The molecule has 85 heavy (non-hydrogen) atoms. The van der Waals surface area contributed by atoms with Crippen molar-refractivity contribution in [3.8, 4) is 0 Å². The van der Waals surface area contributed by atoms with E-state index in [0.717, 1.165) is 6.92 Å². The number of benzene rings is 1. The highest BCUT2D eigenvalue weighted by Gasteiger charge is 2.39. The summed E-state index contributed by atoms with van der Waals surface area (Å²) in [5.41, 5.74) is 11.3. The van der Waals surface area contributed by atoms with Crippen LogP contribution >= 0.6 is 0 Å². The number of aliphatic hydroxyl groups excluding tert-OH is 1. The smallest absolute Gasteiger partial charge is 0.326 e. The number of primary amides is 1. The molecule has 0 radical (unpaired) electrons. The Hall–Kier alpha value is -7.95. The molecular weight excluding hydrogens is 1110 g/mol. The van der Waals surface area contributed by atoms with Crippen molar-refractivity contribution in [1.29, 1.82) is 5.41 Å². The van der Waals surface area contributed by atoms with Crippen molar-refractivity contribution in [3.05, 3.63) is 35.9 Å². The largest absolute Gasteiger partial charge is 0.480 e. The van der Waals surface area contributed by atoms with Gasteiger partial charge >= 0.3 is 5.97 Å². The molecule has 1 aliphatic heterocycles. The Morgan fingerprint density at radius 1 is 0.635 bits per heavy atom. The van der Waals surface area contributed by atoms with Crippen molar-refractivity contribution in [2.45, 2.75) is 199 Å². The van der Waals surface area contributed by atoms with Gasteiger partial charge in [-0.3, -0.25) is 58.1 Å². The van der Waals surface area contributed by atoms with Crippen LogP contribution in [-0.2, 0) is 64.0 Å². The number of carbonyl (C=O) groups excluding carboxylic acids is 11. The van der Waals surface area contributed by atoms with Crippen LogP contribution in [0.15, 0.2) is 30.3 Å². The number of carboxylic acid groups (broad SMARTS) is 1. The van der Waals surface area contributed by atoms with E-state index in [1.807, 2.05) is 6.92 Å². The van der Waals surface area contributed by atoms with Gasteiger partial charge in [-0.2, -0.15) is 0 Å². The summed E-state index contributed by atoms with van der Waals surface area (Å²) < 4.78 is 0. The molecule has 0 bridgehead atoms. The molecule has 29 heteroatoms. The van der Waals surface area contributed by atoms with Gasteiger partial charge in [0.25, 0.3) is 0 Å². The van der Waals surface area contributed by atoms with Gasteiger partial charge in [-0.1, -0.05) is 97.6 Å². The molecule has 18 N–H and O–H groups in total. The van der Waals surface area contributed by atoms with E-state index < -0.39 is 156 Å². The van der Waals surface area contributed by atoms with Crippen LogP contribution < -0.4 is 70.0 Å². The summed E-state index contributed by atoms with van der Waals surface area (Å²) >= 11 is 0. The maximum absolute atomic E-state index is 14.4. The molecule has 0 saturated carbocycles. The van der Waals surface area contributed by atoms with E-state index in [2.05, 4.69) is 58.5 Å². The number of nitrogens with zero attached hydrogens (tertiary/aromatic N) is 1. The fraction of sp³-hybridized carbons (Fsp3) is 0.661. The Kier molecular flexibility index (Phi) is 32.2. The first-order valence-corrected chi connectivity index (χ1v) is 29.1. The highest BCUT2D eigenvalue weighted by Crippen LogP contribution is 2.20. The van der Waals surface area contributed by atoms with E-state index in [4.69, 9.17) is 16.9 Å². The molecule has 1 heterocycles. The van der Waals surface area contributed by atoms with Crippen molar-refractivity contribution in [1.82, 2.24) is 63.4 Å². The minimum atomic E-state index is -1.77. The molecule has 2 rings (SSSR count). The number of guanidine groups is 1. The second kappa shape index (κ2) is 37.4. The SMILES string of the molecule is CCCCC(NC(=O)C(CCCNC(=N)N)NC(=O)C(Cc1ccccc1)NC(=O)C1CCCN1C(=O)C(C)NC)C(=O)NCC(=O)NC(C(=O)NC(CCC)C(=O)NC(C(=O)NC(C(=O)NC(CC(N)=O)C(=O)O)C(C)O)C(C)C)C(C)CC. The van der Waals surface area contributed by atoms with Crippen molar-refractivity contribution in [3.63, 3.8) is 0 Å². The van der Waals surface area contributed by atoms with Gasteiger partial charge in [0.2, 0.25) is 65.0 Å². The molecule has 29 nitrogen and oxygen atoms in total. The third-order valence-electron chi connectivity index (χ3n) is 14.4. The van der Waals surface area contributed by atoms with Gasteiger partial charge in [0, 0.05) is 19.5 Å². The number of amides is 11. The van der Waals surface area contributed by atoms with E-state index in [0.29, 0.717) is 50.6 Å². The third-order valence-corrected chi connectivity index (χ3v) is 14.4. The fourth-order valence-electron chi connectivity index (χ4n) is 9.16. The van der Waals surface area contributed by atoms with Gasteiger partial charge in [-0.05, 0) is 76.8 Å². The van der Waals surface area contributed by atoms with Crippen molar-refractivity contribution < 1.29 is 67.7 Å². The summed E-state index contributed by atoms with van der Waals surface area (Å²) in [6.45, 7) is 12.8. The first-order chi connectivity index (χ1) is 40.1. The first kappa shape index (κ1) is 73.2. The molecule has 1 fully saturated rings. The van der Waals surface area contributed by atoms with Gasteiger partial charge in [-0.15, -0.1) is 0 Å². The zero-order chi connectivity index (χ0) is 64.1. The lowest BCUT2D eigenvalue weighted by Crippen LogP contribution is -2.62.